The van der Waals surface area contributed by atoms with Gasteiger partial charge in [0.05, 0.1) is 4.90 Å². The van der Waals surface area contributed by atoms with E-state index in [1.54, 1.807) is 24.1 Å². The fraction of sp³-hybridized carbons (Fsp3) is 0.588. The summed E-state index contributed by atoms with van der Waals surface area (Å²) >= 11 is 0. The number of hydrogen-bond donors (Lipinski definition) is 1. The Bertz CT molecular complexity index is 709. The molecule has 1 amide bonds. The fourth-order valence-corrected chi connectivity index (χ4v) is 4.16. The summed E-state index contributed by atoms with van der Waals surface area (Å²) in [5, 5.41) is 3.33. The Morgan fingerprint density at radius 1 is 1.32 bits per heavy atom. The quantitative estimate of drug-likeness (QED) is 0.854. The zero-order chi connectivity index (χ0) is 18.1. The number of hydrogen-bond acceptors (Lipinski definition) is 4. The molecular formula is C17H28ClN3O3S. The van der Waals surface area contributed by atoms with Crippen molar-refractivity contribution >= 4 is 28.3 Å². The van der Waals surface area contributed by atoms with Crippen molar-refractivity contribution in [2.45, 2.75) is 50.7 Å². The van der Waals surface area contributed by atoms with Gasteiger partial charge in [-0.25, -0.2) is 8.42 Å². The maximum Gasteiger partial charge on any atom is 0.254 e. The molecule has 1 aliphatic rings. The van der Waals surface area contributed by atoms with Crippen molar-refractivity contribution in [1.29, 1.82) is 0 Å². The summed E-state index contributed by atoms with van der Waals surface area (Å²) in [4.78, 5) is 14.8. The van der Waals surface area contributed by atoms with Gasteiger partial charge in [-0.3, -0.25) is 4.79 Å². The van der Waals surface area contributed by atoms with Crippen LogP contribution >= 0.6 is 12.4 Å². The molecule has 2 atom stereocenters. The summed E-state index contributed by atoms with van der Waals surface area (Å²) in [5.41, 5.74) is 0.411. The Labute approximate surface area is 157 Å². The summed E-state index contributed by atoms with van der Waals surface area (Å²) in [7, 11) is -2.05. The monoisotopic (exact) mass is 389 g/mol. The molecule has 0 spiro atoms. The molecule has 0 saturated carbocycles. The molecule has 0 aromatic heterocycles. The minimum absolute atomic E-state index is 0. The SMILES string of the molecule is CC1NCCN(C(=O)c2cccc(S(=O)(=O)N(C)C(C)C)c2)C1C.Cl. The number of rotatable bonds is 4. The lowest BCUT2D eigenvalue weighted by molar-refractivity contribution is 0.0602. The largest absolute Gasteiger partial charge is 0.333 e. The lowest BCUT2D eigenvalue weighted by Gasteiger charge is -2.38. The summed E-state index contributed by atoms with van der Waals surface area (Å²) in [6.07, 6.45) is 0. The maximum atomic E-state index is 12.8. The molecule has 1 saturated heterocycles. The van der Waals surface area contributed by atoms with Crippen molar-refractivity contribution in [2.75, 3.05) is 20.1 Å². The molecule has 1 aliphatic heterocycles. The average molecular weight is 390 g/mol. The molecule has 0 bridgehead atoms. The van der Waals surface area contributed by atoms with Crippen LogP contribution in [0.5, 0.6) is 0 Å². The number of nitrogens with zero attached hydrogens (tertiary/aromatic N) is 2. The highest BCUT2D eigenvalue weighted by atomic mass is 35.5. The Kier molecular flexibility index (Phi) is 7.43. The Morgan fingerprint density at radius 2 is 1.96 bits per heavy atom. The smallest absolute Gasteiger partial charge is 0.254 e. The third kappa shape index (κ3) is 4.53. The molecular weight excluding hydrogens is 362 g/mol. The van der Waals surface area contributed by atoms with Gasteiger partial charge in [-0.2, -0.15) is 4.31 Å². The van der Waals surface area contributed by atoms with E-state index in [2.05, 4.69) is 5.32 Å². The predicted octanol–water partition coefficient (Wildman–Crippen LogP) is 1.96. The van der Waals surface area contributed by atoms with E-state index in [-0.39, 0.29) is 41.3 Å². The highest BCUT2D eigenvalue weighted by Crippen LogP contribution is 2.20. The number of piperazine rings is 1. The Morgan fingerprint density at radius 3 is 2.56 bits per heavy atom. The van der Waals surface area contributed by atoms with Crippen LogP contribution in [0.4, 0.5) is 0 Å². The molecule has 1 N–H and O–H groups in total. The normalized spacial score (nSPS) is 21.3. The van der Waals surface area contributed by atoms with Crippen LogP contribution in [0, 0.1) is 0 Å². The van der Waals surface area contributed by atoms with Gasteiger partial charge in [0.15, 0.2) is 0 Å². The van der Waals surface area contributed by atoms with Gasteiger partial charge in [0.1, 0.15) is 0 Å². The first-order valence-electron chi connectivity index (χ1n) is 8.28. The number of benzene rings is 1. The van der Waals surface area contributed by atoms with E-state index in [1.165, 1.54) is 16.4 Å². The molecule has 1 heterocycles. The molecule has 1 aromatic rings. The van der Waals surface area contributed by atoms with E-state index < -0.39 is 10.0 Å². The molecule has 1 fully saturated rings. The Balaban J connectivity index is 0.00000312. The number of nitrogens with one attached hydrogen (secondary N) is 1. The first-order chi connectivity index (χ1) is 11.2. The minimum Gasteiger partial charge on any atom is -0.333 e. The van der Waals surface area contributed by atoms with Crippen LogP contribution < -0.4 is 5.32 Å². The summed E-state index contributed by atoms with van der Waals surface area (Å²) in [5.74, 6) is -0.125. The molecule has 0 aliphatic carbocycles. The summed E-state index contributed by atoms with van der Waals surface area (Å²) < 4.78 is 26.6. The van der Waals surface area contributed by atoms with Crippen LogP contribution in [0.1, 0.15) is 38.1 Å². The van der Waals surface area contributed by atoms with E-state index in [0.29, 0.717) is 12.1 Å². The van der Waals surface area contributed by atoms with Crippen molar-refractivity contribution < 1.29 is 13.2 Å². The third-order valence-electron chi connectivity index (χ3n) is 4.78. The topological polar surface area (TPSA) is 69.7 Å². The first-order valence-corrected chi connectivity index (χ1v) is 9.72. The number of halogens is 1. The average Bonchev–Trinajstić information content (AvgIpc) is 2.56. The van der Waals surface area contributed by atoms with Gasteiger partial charge in [0, 0.05) is 43.8 Å². The van der Waals surface area contributed by atoms with E-state index in [4.69, 9.17) is 0 Å². The number of carbonyl (C=O) groups is 1. The molecule has 2 unspecified atom stereocenters. The van der Waals surface area contributed by atoms with Gasteiger partial charge in [-0.15, -0.1) is 12.4 Å². The number of carbonyl (C=O) groups excluding carboxylic acids is 1. The Hall–Kier alpha value is -1.15. The molecule has 1 aromatic carbocycles. The minimum atomic E-state index is -3.60. The second-order valence-electron chi connectivity index (χ2n) is 6.62. The van der Waals surface area contributed by atoms with Crippen molar-refractivity contribution in [3.63, 3.8) is 0 Å². The molecule has 0 radical (unpaired) electrons. The van der Waals surface area contributed by atoms with Crippen molar-refractivity contribution in [1.82, 2.24) is 14.5 Å². The van der Waals surface area contributed by atoms with E-state index in [1.807, 2.05) is 27.7 Å². The molecule has 8 heteroatoms. The third-order valence-corrected chi connectivity index (χ3v) is 6.81. The van der Waals surface area contributed by atoms with Crippen LogP contribution in [0.25, 0.3) is 0 Å². The van der Waals surface area contributed by atoms with Crippen LogP contribution in [0.3, 0.4) is 0 Å². The van der Waals surface area contributed by atoms with Crippen molar-refractivity contribution in [2.24, 2.45) is 0 Å². The fourth-order valence-electron chi connectivity index (χ4n) is 2.74. The predicted molar refractivity (Wildman–Crippen MR) is 102 cm³/mol. The second kappa shape index (κ2) is 8.49. The van der Waals surface area contributed by atoms with Gasteiger partial charge < -0.3 is 10.2 Å². The number of sulfonamides is 1. The van der Waals surface area contributed by atoms with Crippen LogP contribution in [-0.2, 0) is 10.0 Å². The lowest BCUT2D eigenvalue weighted by atomic mass is 10.1. The van der Waals surface area contributed by atoms with Crippen LogP contribution in [-0.4, -0.2) is 61.8 Å². The summed E-state index contributed by atoms with van der Waals surface area (Å²) in [6.45, 7) is 9.04. The second-order valence-corrected chi connectivity index (χ2v) is 8.62. The zero-order valence-electron chi connectivity index (χ0n) is 15.4. The van der Waals surface area contributed by atoms with E-state index in [9.17, 15) is 13.2 Å². The zero-order valence-corrected chi connectivity index (χ0v) is 17.0. The molecule has 6 nitrogen and oxygen atoms in total. The van der Waals surface area contributed by atoms with Gasteiger partial charge in [-0.05, 0) is 45.9 Å². The van der Waals surface area contributed by atoms with Crippen LogP contribution in [0.2, 0.25) is 0 Å². The van der Waals surface area contributed by atoms with Crippen LogP contribution in [0.15, 0.2) is 29.2 Å². The van der Waals surface area contributed by atoms with Crippen molar-refractivity contribution in [3.05, 3.63) is 29.8 Å². The molecule has 2 rings (SSSR count). The lowest BCUT2D eigenvalue weighted by Crippen LogP contribution is -2.57. The van der Waals surface area contributed by atoms with Crippen molar-refractivity contribution in [3.8, 4) is 0 Å². The summed E-state index contributed by atoms with van der Waals surface area (Å²) in [6, 6.07) is 6.45. The standard InChI is InChI=1S/C17H27N3O3S.ClH/c1-12(2)19(5)24(22,23)16-8-6-7-15(11-16)17(21)20-10-9-18-13(3)14(20)4;/h6-8,11-14,18H,9-10H2,1-5H3;1H. The van der Waals surface area contributed by atoms with Gasteiger partial charge in [0.25, 0.3) is 5.91 Å². The maximum absolute atomic E-state index is 12.8. The highest BCUT2D eigenvalue weighted by molar-refractivity contribution is 7.89. The first kappa shape index (κ1) is 21.9. The van der Waals surface area contributed by atoms with Gasteiger partial charge >= 0.3 is 0 Å². The van der Waals surface area contributed by atoms with Gasteiger partial charge in [0.2, 0.25) is 10.0 Å². The number of amides is 1. The van der Waals surface area contributed by atoms with E-state index in [0.717, 1.165) is 6.54 Å². The molecule has 25 heavy (non-hydrogen) atoms. The van der Waals surface area contributed by atoms with Gasteiger partial charge in [-0.1, -0.05) is 6.07 Å². The van der Waals surface area contributed by atoms with E-state index >= 15 is 0 Å². The highest BCUT2D eigenvalue weighted by Gasteiger charge is 2.30. The molecule has 142 valence electrons.